The van der Waals surface area contributed by atoms with Gasteiger partial charge in [-0.1, -0.05) is 27.6 Å². The third kappa shape index (κ3) is 2.69. The van der Waals surface area contributed by atoms with E-state index in [1.165, 1.54) is 5.57 Å². The monoisotopic (exact) mass is 295 g/mol. The van der Waals surface area contributed by atoms with Crippen molar-refractivity contribution in [1.82, 2.24) is 0 Å². The number of nitrogens with zero attached hydrogens (tertiary/aromatic N) is 1. The first-order chi connectivity index (χ1) is 8.08. The van der Waals surface area contributed by atoms with Gasteiger partial charge in [0.2, 0.25) is 0 Å². The minimum Gasteiger partial charge on any atom is -0.478 e. The van der Waals surface area contributed by atoms with Crippen molar-refractivity contribution >= 4 is 27.6 Å². The van der Waals surface area contributed by atoms with Crippen molar-refractivity contribution in [3.05, 3.63) is 39.9 Å². The van der Waals surface area contributed by atoms with Crippen LogP contribution in [0.15, 0.2) is 34.3 Å². The second-order valence-corrected chi connectivity index (χ2v) is 5.13. The van der Waals surface area contributed by atoms with E-state index in [1.54, 1.807) is 6.07 Å². The van der Waals surface area contributed by atoms with Crippen LogP contribution in [0.25, 0.3) is 0 Å². The number of hydrogen-bond donors (Lipinski definition) is 1. The predicted octanol–water partition coefficient (Wildman–Crippen LogP) is 3.30. The van der Waals surface area contributed by atoms with E-state index < -0.39 is 5.97 Å². The van der Waals surface area contributed by atoms with Gasteiger partial charge in [0.1, 0.15) is 0 Å². The molecule has 0 unspecified atom stereocenters. The quantitative estimate of drug-likeness (QED) is 0.851. The smallest absolute Gasteiger partial charge is 0.337 e. The average molecular weight is 296 g/mol. The van der Waals surface area contributed by atoms with E-state index in [-0.39, 0.29) is 0 Å². The van der Waals surface area contributed by atoms with E-state index in [9.17, 15) is 9.90 Å². The molecule has 1 heterocycles. The molecule has 2 rings (SSSR count). The fourth-order valence-corrected chi connectivity index (χ4v) is 2.31. The van der Waals surface area contributed by atoms with Crippen molar-refractivity contribution in [3.63, 3.8) is 0 Å². The summed E-state index contributed by atoms with van der Waals surface area (Å²) in [6, 6.07) is 5.40. The molecule has 1 aliphatic heterocycles. The summed E-state index contributed by atoms with van der Waals surface area (Å²) >= 11 is 3.30. The Morgan fingerprint density at radius 3 is 2.82 bits per heavy atom. The normalized spacial score (nSPS) is 15.6. The molecule has 3 nitrogen and oxygen atoms in total. The molecule has 4 heteroatoms. The largest absolute Gasteiger partial charge is 0.478 e. The Bertz CT molecular complexity index is 482. The zero-order chi connectivity index (χ0) is 12.4. The van der Waals surface area contributed by atoms with Gasteiger partial charge in [-0.15, -0.1) is 0 Å². The second-order valence-electron chi connectivity index (χ2n) is 4.21. The zero-order valence-electron chi connectivity index (χ0n) is 9.61. The number of halogens is 1. The van der Waals surface area contributed by atoms with Gasteiger partial charge >= 0.3 is 5.97 Å². The van der Waals surface area contributed by atoms with Gasteiger partial charge in [0, 0.05) is 17.6 Å². The van der Waals surface area contributed by atoms with Crippen molar-refractivity contribution in [1.29, 1.82) is 0 Å². The fraction of sp³-hybridized carbons (Fsp3) is 0.308. The van der Waals surface area contributed by atoms with Crippen LogP contribution in [0.1, 0.15) is 23.7 Å². The molecule has 17 heavy (non-hydrogen) atoms. The number of aromatic carboxylic acids is 1. The summed E-state index contributed by atoms with van der Waals surface area (Å²) in [6.07, 6.45) is 3.15. The third-order valence-electron chi connectivity index (χ3n) is 2.97. The molecule has 1 aromatic carbocycles. The lowest BCUT2D eigenvalue weighted by Crippen LogP contribution is -2.29. The molecule has 0 radical (unpaired) electrons. The Morgan fingerprint density at radius 1 is 1.47 bits per heavy atom. The molecule has 0 bridgehead atoms. The molecular weight excluding hydrogens is 282 g/mol. The molecule has 90 valence electrons. The predicted molar refractivity (Wildman–Crippen MR) is 71.7 cm³/mol. The van der Waals surface area contributed by atoms with Gasteiger partial charge in [-0.25, -0.2) is 4.79 Å². The van der Waals surface area contributed by atoms with Crippen LogP contribution >= 0.6 is 15.9 Å². The Kier molecular flexibility index (Phi) is 3.52. The molecule has 0 atom stereocenters. The number of carboxylic acid groups (broad SMARTS) is 1. The van der Waals surface area contributed by atoms with Crippen LogP contribution in [-0.2, 0) is 0 Å². The van der Waals surface area contributed by atoms with Crippen molar-refractivity contribution in [2.75, 3.05) is 18.0 Å². The van der Waals surface area contributed by atoms with Crippen LogP contribution in [0.4, 0.5) is 5.69 Å². The van der Waals surface area contributed by atoms with Crippen molar-refractivity contribution in [3.8, 4) is 0 Å². The highest BCUT2D eigenvalue weighted by atomic mass is 79.9. The standard InChI is InChI=1S/C13H14BrNO2/c1-9-4-6-15(7-5-9)12-3-2-10(14)8-11(12)13(16)17/h2-4,8H,5-7H2,1H3,(H,16,17). The van der Waals surface area contributed by atoms with Crippen LogP contribution in [0.2, 0.25) is 0 Å². The van der Waals surface area contributed by atoms with E-state index in [1.807, 2.05) is 12.1 Å². The number of hydrogen-bond acceptors (Lipinski definition) is 2. The summed E-state index contributed by atoms with van der Waals surface area (Å²) in [5, 5.41) is 9.21. The van der Waals surface area contributed by atoms with E-state index in [0.717, 1.165) is 29.7 Å². The van der Waals surface area contributed by atoms with Gasteiger partial charge in [-0.2, -0.15) is 0 Å². The van der Waals surface area contributed by atoms with E-state index >= 15 is 0 Å². The van der Waals surface area contributed by atoms with E-state index in [4.69, 9.17) is 0 Å². The first-order valence-electron chi connectivity index (χ1n) is 5.51. The highest BCUT2D eigenvalue weighted by Gasteiger charge is 2.17. The SMILES string of the molecule is CC1=CCN(c2ccc(Br)cc2C(=O)O)CC1. The Hall–Kier alpha value is -1.29. The Morgan fingerprint density at radius 2 is 2.24 bits per heavy atom. The summed E-state index contributed by atoms with van der Waals surface area (Å²) < 4.78 is 0.794. The topological polar surface area (TPSA) is 40.5 Å². The lowest BCUT2D eigenvalue weighted by molar-refractivity contribution is 0.0697. The van der Waals surface area contributed by atoms with Gasteiger partial charge < -0.3 is 10.0 Å². The Balaban J connectivity index is 2.35. The van der Waals surface area contributed by atoms with Crippen LogP contribution in [-0.4, -0.2) is 24.2 Å². The highest BCUT2D eigenvalue weighted by molar-refractivity contribution is 9.10. The maximum absolute atomic E-state index is 11.2. The van der Waals surface area contributed by atoms with Gasteiger partial charge in [0.15, 0.2) is 0 Å². The number of benzene rings is 1. The van der Waals surface area contributed by atoms with E-state index in [2.05, 4.69) is 33.8 Å². The van der Waals surface area contributed by atoms with Crippen LogP contribution in [0.3, 0.4) is 0 Å². The van der Waals surface area contributed by atoms with Crippen molar-refractivity contribution in [2.24, 2.45) is 0 Å². The minimum atomic E-state index is -0.882. The molecule has 0 spiro atoms. The van der Waals surface area contributed by atoms with Crippen LogP contribution in [0, 0.1) is 0 Å². The summed E-state index contributed by atoms with van der Waals surface area (Å²) in [5.74, 6) is -0.882. The van der Waals surface area contributed by atoms with Gasteiger partial charge in [-0.3, -0.25) is 0 Å². The number of anilines is 1. The summed E-state index contributed by atoms with van der Waals surface area (Å²) in [7, 11) is 0. The first-order valence-corrected chi connectivity index (χ1v) is 6.30. The number of rotatable bonds is 2. The lowest BCUT2D eigenvalue weighted by atomic mass is 10.1. The Labute approximate surface area is 109 Å². The van der Waals surface area contributed by atoms with Crippen LogP contribution in [0.5, 0.6) is 0 Å². The molecule has 1 aliphatic rings. The van der Waals surface area contributed by atoms with E-state index in [0.29, 0.717) is 5.56 Å². The molecule has 0 amide bonds. The summed E-state index contributed by atoms with van der Waals surface area (Å²) in [5.41, 5.74) is 2.52. The second kappa shape index (κ2) is 4.92. The van der Waals surface area contributed by atoms with Gasteiger partial charge in [0.25, 0.3) is 0 Å². The van der Waals surface area contributed by atoms with Crippen molar-refractivity contribution in [2.45, 2.75) is 13.3 Å². The molecule has 0 aliphatic carbocycles. The van der Waals surface area contributed by atoms with Gasteiger partial charge in [0.05, 0.1) is 11.3 Å². The molecule has 0 saturated carbocycles. The number of carbonyl (C=O) groups is 1. The molecule has 0 aromatic heterocycles. The first kappa shape index (κ1) is 12.2. The molecule has 1 aromatic rings. The highest BCUT2D eigenvalue weighted by Crippen LogP contribution is 2.26. The van der Waals surface area contributed by atoms with Crippen molar-refractivity contribution < 1.29 is 9.90 Å². The maximum atomic E-state index is 11.2. The summed E-state index contributed by atoms with van der Waals surface area (Å²) in [6.45, 7) is 3.77. The van der Waals surface area contributed by atoms with Crippen LogP contribution < -0.4 is 4.90 Å². The number of carboxylic acids is 1. The molecular formula is C13H14BrNO2. The maximum Gasteiger partial charge on any atom is 0.337 e. The lowest BCUT2D eigenvalue weighted by Gasteiger charge is -2.28. The fourth-order valence-electron chi connectivity index (χ4n) is 1.94. The third-order valence-corrected chi connectivity index (χ3v) is 3.46. The average Bonchev–Trinajstić information content (AvgIpc) is 2.30. The molecule has 1 N–H and O–H groups in total. The zero-order valence-corrected chi connectivity index (χ0v) is 11.2. The molecule has 0 saturated heterocycles. The summed E-state index contributed by atoms with van der Waals surface area (Å²) in [4.78, 5) is 13.3. The van der Waals surface area contributed by atoms with Gasteiger partial charge in [-0.05, 0) is 31.5 Å². The molecule has 0 fully saturated rings. The minimum absolute atomic E-state index is 0.354.